The van der Waals surface area contributed by atoms with Crippen LogP contribution in [0.25, 0.3) is 0 Å². The summed E-state index contributed by atoms with van der Waals surface area (Å²) in [4.78, 5) is 2.67. The van der Waals surface area contributed by atoms with Crippen molar-refractivity contribution >= 4 is 0 Å². The van der Waals surface area contributed by atoms with E-state index < -0.39 is 0 Å². The number of hydrogen-bond acceptors (Lipinski definition) is 2. The van der Waals surface area contributed by atoms with E-state index >= 15 is 0 Å². The van der Waals surface area contributed by atoms with Crippen molar-refractivity contribution in [1.29, 1.82) is 0 Å². The number of likely N-dealkylation sites (N-methyl/N-ethyl adjacent to an activating group) is 1. The largest absolute Gasteiger partial charge is 0.316 e. The Kier molecular flexibility index (Phi) is 6.83. The molecule has 0 amide bonds. The lowest BCUT2D eigenvalue weighted by Crippen LogP contribution is -2.37. The molecule has 1 N–H and O–H groups in total. The van der Waals surface area contributed by atoms with Crippen LogP contribution in [0.4, 0.5) is 0 Å². The van der Waals surface area contributed by atoms with E-state index in [1.165, 1.54) is 44.2 Å². The first-order valence-corrected chi connectivity index (χ1v) is 7.18. The highest BCUT2D eigenvalue weighted by atomic mass is 15.2. The second-order valence-corrected chi connectivity index (χ2v) is 5.87. The summed E-state index contributed by atoms with van der Waals surface area (Å²) in [5.41, 5.74) is 1.32. The van der Waals surface area contributed by atoms with E-state index in [9.17, 15) is 0 Å². The molecule has 0 aromatic heterocycles. The minimum absolute atomic E-state index is 0.802. The van der Waals surface area contributed by atoms with Crippen molar-refractivity contribution in [3.63, 3.8) is 0 Å². The molecule has 0 spiro atoms. The van der Waals surface area contributed by atoms with E-state index in [0.29, 0.717) is 0 Å². The van der Waals surface area contributed by atoms with Crippen LogP contribution in [0, 0.1) is 5.92 Å². The molecular weight excluding hydrogens is 208 g/mol. The van der Waals surface area contributed by atoms with Gasteiger partial charge >= 0.3 is 0 Å². The highest BCUT2D eigenvalue weighted by molar-refractivity contribution is 5.00. The zero-order valence-electron chi connectivity index (χ0n) is 12.0. The molecule has 0 bridgehead atoms. The summed E-state index contributed by atoms with van der Waals surface area (Å²) in [6.07, 6.45) is 6.93. The molecule has 2 heteroatoms. The Balaban J connectivity index is 2.42. The fourth-order valence-corrected chi connectivity index (χ4v) is 2.68. The minimum Gasteiger partial charge on any atom is -0.316 e. The molecule has 0 atom stereocenters. The molecule has 0 radical (unpaired) electrons. The molecule has 100 valence electrons. The van der Waals surface area contributed by atoms with E-state index in [1.807, 2.05) is 7.05 Å². The Morgan fingerprint density at radius 3 is 2.53 bits per heavy atom. The van der Waals surface area contributed by atoms with E-state index in [-0.39, 0.29) is 0 Å². The molecule has 2 nitrogen and oxygen atoms in total. The van der Waals surface area contributed by atoms with Gasteiger partial charge in [-0.2, -0.15) is 0 Å². The molecule has 0 saturated heterocycles. The Morgan fingerprint density at radius 1 is 1.35 bits per heavy atom. The van der Waals surface area contributed by atoms with Gasteiger partial charge in [-0.05, 0) is 44.3 Å². The monoisotopic (exact) mass is 238 g/mol. The predicted octanol–water partition coefficient (Wildman–Crippen LogP) is 3.05. The average molecular weight is 238 g/mol. The van der Waals surface area contributed by atoms with Crippen molar-refractivity contribution in [2.45, 2.75) is 52.0 Å². The van der Waals surface area contributed by atoms with Gasteiger partial charge in [0.2, 0.25) is 0 Å². The van der Waals surface area contributed by atoms with Gasteiger partial charge in [-0.25, -0.2) is 0 Å². The number of rotatable bonds is 8. The first-order chi connectivity index (χ1) is 8.13. The number of nitrogens with one attached hydrogen (secondary N) is 1. The third-order valence-corrected chi connectivity index (χ3v) is 3.69. The van der Waals surface area contributed by atoms with Gasteiger partial charge in [0.25, 0.3) is 0 Å². The van der Waals surface area contributed by atoms with Gasteiger partial charge in [0, 0.05) is 19.1 Å². The van der Waals surface area contributed by atoms with Gasteiger partial charge in [-0.3, -0.25) is 4.90 Å². The molecule has 0 aromatic carbocycles. The van der Waals surface area contributed by atoms with Crippen LogP contribution >= 0.6 is 0 Å². The Bertz CT molecular complexity index is 217. The zero-order chi connectivity index (χ0) is 12.7. The third-order valence-electron chi connectivity index (χ3n) is 3.69. The van der Waals surface area contributed by atoms with Crippen molar-refractivity contribution in [3.05, 3.63) is 12.2 Å². The quantitative estimate of drug-likeness (QED) is 0.654. The molecule has 17 heavy (non-hydrogen) atoms. The Morgan fingerprint density at radius 2 is 2.00 bits per heavy atom. The van der Waals surface area contributed by atoms with Crippen LogP contribution in [-0.2, 0) is 0 Å². The molecule has 0 unspecified atom stereocenters. The van der Waals surface area contributed by atoms with Gasteiger partial charge < -0.3 is 5.32 Å². The second kappa shape index (κ2) is 7.88. The molecule has 1 rings (SSSR count). The summed E-state index contributed by atoms with van der Waals surface area (Å²) < 4.78 is 0. The number of nitrogens with zero attached hydrogens (tertiary/aromatic N) is 1. The van der Waals surface area contributed by atoms with Gasteiger partial charge in [-0.15, -0.1) is 0 Å². The summed E-state index contributed by atoms with van der Waals surface area (Å²) in [6, 6.07) is 0.822. The van der Waals surface area contributed by atoms with Crippen molar-refractivity contribution in [2.24, 2.45) is 5.92 Å². The van der Waals surface area contributed by atoms with Crippen molar-refractivity contribution in [3.8, 4) is 0 Å². The van der Waals surface area contributed by atoms with E-state index in [1.54, 1.807) is 0 Å². The summed E-state index contributed by atoms with van der Waals surface area (Å²) >= 11 is 0. The highest BCUT2D eigenvalue weighted by Crippen LogP contribution is 2.24. The molecule has 0 aromatic rings. The lowest BCUT2D eigenvalue weighted by molar-refractivity contribution is 0.203. The van der Waals surface area contributed by atoms with Gasteiger partial charge in [0.15, 0.2) is 0 Å². The van der Waals surface area contributed by atoms with Gasteiger partial charge in [-0.1, -0.05) is 33.3 Å². The van der Waals surface area contributed by atoms with Crippen molar-refractivity contribution in [1.82, 2.24) is 10.2 Å². The first-order valence-electron chi connectivity index (χ1n) is 7.18. The van der Waals surface area contributed by atoms with E-state index in [0.717, 1.165) is 25.0 Å². The van der Waals surface area contributed by atoms with Crippen LogP contribution in [0.5, 0.6) is 0 Å². The topological polar surface area (TPSA) is 15.3 Å². The molecule has 0 heterocycles. The van der Waals surface area contributed by atoms with Crippen LogP contribution in [-0.4, -0.2) is 37.6 Å². The maximum Gasteiger partial charge on any atom is 0.0205 e. The SMILES string of the molecule is C=C(CNC)CN(CCC(C)C)C1CCCC1. The molecule has 0 aliphatic heterocycles. The van der Waals surface area contributed by atoms with Crippen LogP contribution in [0.15, 0.2) is 12.2 Å². The normalized spacial score (nSPS) is 17.2. The molecule has 1 fully saturated rings. The average Bonchev–Trinajstić information content (AvgIpc) is 2.77. The van der Waals surface area contributed by atoms with Crippen LogP contribution in [0.2, 0.25) is 0 Å². The maximum atomic E-state index is 4.18. The van der Waals surface area contributed by atoms with Crippen molar-refractivity contribution < 1.29 is 0 Å². The summed E-state index contributed by atoms with van der Waals surface area (Å²) in [7, 11) is 2.00. The Labute approximate surface area is 107 Å². The molecular formula is C15H30N2. The zero-order valence-corrected chi connectivity index (χ0v) is 12.0. The second-order valence-electron chi connectivity index (χ2n) is 5.87. The van der Waals surface area contributed by atoms with Crippen LogP contribution in [0.1, 0.15) is 46.0 Å². The fraction of sp³-hybridized carbons (Fsp3) is 0.867. The lowest BCUT2D eigenvalue weighted by Gasteiger charge is -2.30. The van der Waals surface area contributed by atoms with Crippen LogP contribution < -0.4 is 5.32 Å². The fourth-order valence-electron chi connectivity index (χ4n) is 2.68. The van der Waals surface area contributed by atoms with E-state index in [2.05, 4.69) is 30.6 Å². The molecule has 1 saturated carbocycles. The first kappa shape index (κ1) is 14.7. The van der Waals surface area contributed by atoms with Gasteiger partial charge in [0.1, 0.15) is 0 Å². The standard InChI is InChI=1S/C15H30N2/c1-13(2)9-10-17(12-14(3)11-16-4)15-7-5-6-8-15/h13,15-16H,3,5-12H2,1-2,4H3. The molecule has 1 aliphatic carbocycles. The lowest BCUT2D eigenvalue weighted by atomic mass is 10.1. The predicted molar refractivity (Wildman–Crippen MR) is 76.4 cm³/mol. The minimum atomic E-state index is 0.802. The third kappa shape index (κ3) is 5.69. The van der Waals surface area contributed by atoms with E-state index in [4.69, 9.17) is 0 Å². The molecule has 1 aliphatic rings. The number of hydrogen-bond donors (Lipinski definition) is 1. The smallest absolute Gasteiger partial charge is 0.0205 e. The van der Waals surface area contributed by atoms with Crippen molar-refractivity contribution in [2.75, 3.05) is 26.7 Å². The highest BCUT2D eigenvalue weighted by Gasteiger charge is 2.22. The van der Waals surface area contributed by atoms with Gasteiger partial charge in [0.05, 0.1) is 0 Å². The maximum absolute atomic E-state index is 4.18. The Hall–Kier alpha value is -0.340. The summed E-state index contributed by atoms with van der Waals surface area (Å²) in [6.45, 7) is 12.1. The van der Waals surface area contributed by atoms with Crippen LogP contribution in [0.3, 0.4) is 0 Å². The summed E-state index contributed by atoms with van der Waals surface area (Å²) in [5, 5.41) is 3.20. The summed E-state index contributed by atoms with van der Waals surface area (Å²) in [5.74, 6) is 0.802.